The number of benzene rings is 2. The smallest absolute Gasteiger partial charge is 0.0409 e. The molecule has 0 spiro atoms. The summed E-state index contributed by atoms with van der Waals surface area (Å²) in [7, 11) is 0. The molecule has 2 rings (SSSR count). The number of hydrogen-bond acceptors (Lipinski definition) is 1. The van der Waals surface area contributed by atoms with Gasteiger partial charge in [-0.3, -0.25) is 0 Å². The van der Waals surface area contributed by atoms with Crippen LogP contribution in [0.25, 0.3) is 11.1 Å². The number of nitrogens with two attached hydrogens (primary N) is 1. The summed E-state index contributed by atoms with van der Waals surface area (Å²) in [6.07, 6.45) is 3.63. The van der Waals surface area contributed by atoms with Crippen molar-refractivity contribution in [3.63, 3.8) is 0 Å². The van der Waals surface area contributed by atoms with Crippen LogP contribution >= 0.6 is 11.6 Å². The molecule has 1 nitrogen and oxygen atoms in total. The Morgan fingerprint density at radius 2 is 1.79 bits per heavy atom. The Bertz CT molecular complexity index is 531. The van der Waals surface area contributed by atoms with Crippen molar-refractivity contribution < 1.29 is 0 Å². The van der Waals surface area contributed by atoms with Crippen LogP contribution in [0.3, 0.4) is 0 Å². The predicted octanol–water partition coefficient (Wildman–Crippen LogP) is 4.81. The quantitative estimate of drug-likeness (QED) is 0.831. The first kappa shape index (κ1) is 14.1. The van der Waals surface area contributed by atoms with Crippen molar-refractivity contribution in [1.82, 2.24) is 0 Å². The van der Waals surface area contributed by atoms with Crippen LogP contribution in [0.4, 0.5) is 0 Å². The third-order valence-electron chi connectivity index (χ3n) is 3.37. The summed E-state index contributed by atoms with van der Waals surface area (Å²) >= 11 is 6.01. The van der Waals surface area contributed by atoms with Crippen LogP contribution in [0.15, 0.2) is 42.5 Å². The second kappa shape index (κ2) is 6.74. The monoisotopic (exact) mass is 273 g/mol. The lowest BCUT2D eigenvalue weighted by atomic mass is 9.97. The molecule has 0 aliphatic heterocycles. The number of halogens is 1. The summed E-state index contributed by atoms with van der Waals surface area (Å²) in [6.45, 7) is 2.73. The Labute approximate surface area is 120 Å². The maximum Gasteiger partial charge on any atom is 0.0409 e. The minimum absolute atomic E-state index is 0.507. The molecular weight excluding hydrogens is 254 g/mol. The zero-order chi connectivity index (χ0) is 13.7. The summed E-state index contributed by atoms with van der Waals surface area (Å²) in [5, 5.41) is 0.740. The average Bonchev–Trinajstić information content (AvgIpc) is 2.45. The lowest BCUT2D eigenvalue weighted by Crippen LogP contribution is -1.99. The van der Waals surface area contributed by atoms with Crippen LogP contribution in [0.5, 0.6) is 0 Å². The first-order chi connectivity index (χ1) is 9.24. The van der Waals surface area contributed by atoms with Gasteiger partial charge in [-0.05, 0) is 47.2 Å². The molecule has 19 heavy (non-hydrogen) atoms. The summed E-state index contributed by atoms with van der Waals surface area (Å²) in [5.41, 5.74) is 10.7. The molecule has 0 amide bonds. The molecule has 0 fully saturated rings. The molecule has 0 radical (unpaired) electrons. The van der Waals surface area contributed by atoms with Crippen LogP contribution in [0.2, 0.25) is 5.02 Å². The molecule has 100 valence electrons. The van der Waals surface area contributed by atoms with Crippen molar-refractivity contribution in [3.05, 3.63) is 58.6 Å². The maximum atomic E-state index is 6.01. The Hall–Kier alpha value is -1.31. The van der Waals surface area contributed by atoms with Crippen LogP contribution in [-0.4, -0.2) is 0 Å². The van der Waals surface area contributed by atoms with E-state index in [-0.39, 0.29) is 0 Å². The molecule has 0 saturated carbocycles. The van der Waals surface area contributed by atoms with Crippen molar-refractivity contribution in [1.29, 1.82) is 0 Å². The highest BCUT2D eigenvalue weighted by Gasteiger charge is 2.05. The fourth-order valence-electron chi connectivity index (χ4n) is 2.24. The zero-order valence-electron chi connectivity index (χ0n) is 11.3. The van der Waals surface area contributed by atoms with Gasteiger partial charge >= 0.3 is 0 Å². The van der Waals surface area contributed by atoms with E-state index in [0.717, 1.165) is 17.0 Å². The van der Waals surface area contributed by atoms with Gasteiger partial charge in [0.15, 0.2) is 0 Å². The molecule has 2 aromatic rings. The van der Waals surface area contributed by atoms with E-state index in [1.165, 1.54) is 29.5 Å². The van der Waals surface area contributed by atoms with Gasteiger partial charge in [-0.25, -0.2) is 0 Å². The average molecular weight is 274 g/mol. The van der Waals surface area contributed by atoms with Crippen molar-refractivity contribution in [2.45, 2.75) is 32.7 Å². The van der Waals surface area contributed by atoms with Gasteiger partial charge in [0.2, 0.25) is 0 Å². The molecule has 2 N–H and O–H groups in total. The van der Waals surface area contributed by atoms with E-state index in [2.05, 4.69) is 31.2 Å². The molecule has 2 heteroatoms. The van der Waals surface area contributed by atoms with Gasteiger partial charge in [0.05, 0.1) is 0 Å². The fourth-order valence-corrected chi connectivity index (χ4v) is 2.44. The summed E-state index contributed by atoms with van der Waals surface area (Å²) in [4.78, 5) is 0. The standard InChI is InChI=1S/C17H20ClN/c1-2-3-4-13-5-7-14(8-6-13)17-10-9-16(18)11-15(17)12-19/h5-11H,2-4,12,19H2,1H3. The molecular formula is C17H20ClN. The van der Waals surface area contributed by atoms with Gasteiger partial charge in [0, 0.05) is 11.6 Å². The van der Waals surface area contributed by atoms with Crippen LogP contribution < -0.4 is 5.73 Å². The lowest BCUT2D eigenvalue weighted by Gasteiger charge is -2.09. The number of rotatable bonds is 5. The second-order valence-corrected chi connectivity index (χ2v) is 5.24. The van der Waals surface area contributed by atoms with E-state index in [1.54, 1.807) is 0 Å². The molecule has 2 aromatic carbocycles. The van der Waals surface area contributed by atoms with Crippen molar-refractivity contribution in [3.8, 4) is 11.1 Å². The minimum Gasteiger partial charge on any atom is -0.326 e. The van der Waals surface area contributed by atoms with Crippen LogP contribution in [0, 0.1) is 0 Å². The van der Waals surface area contributed by atoms with Crippen LogP contribution in [-0.2, 0) is 13.0 Å². The maximum absolute atomic E-state index is 6.01. The minimum atomic E-state index is 0.507. The third kappa shape index (κ3) is 3.59. The second-order valence-electron chi connectivity index (χ2n) is 4.81. The molecule has 0 aliphatic carbocycles. The molecule has 0 heterocycles. The van der Waals surface area contributed by atoms with E-state index in [4.69, 9.17) is 17.3 Å². The highest BCUT2D eigenvalue weighted by atomic mass is 35.5. The van der Waals surface area contributed by atoms with Gasteiger partial charge in [-0.1, -0.05) is 55.3 Å². The molecule has 0 bridgehead atoms. The SMILES string of the molecule is CCCCc1ccc(-c2ccc(Cl)cc2CN)cc1. The summed E-state index contributed by atoms with van der Waals surface area (Å²) < 4.78 is 0. The predicted molar refractivity (Wildman–Crippen MR) is 83.4 cm³/mol. The van der Waals surface area contributed by atoms with E-state index in [1.807, 2.05) is 18.2 Å². The highest BCUT2D eigenvalue weighted by Crippen LogP contribution is 2.26. The van der Waals surface area contributed by atoms with E-state index in [0.29, 0.717) is 6.54 Å². The van der Waals surface area contributed by atoms with Gasteiger partial charge in [0.25, 0.3) is 0 Å². The molecule has 0 saturated heterocycles. The number of unbranched alkanes of at least 4 members (excludes halogenated alkanes) is 1. The van der Waals surface area contributed by atoms with E-state index in [9.17, 15) is 0 Å². The first-order valence-corrected chi connectivity index (χ1v) is 7.20. The van der Waals surface area contributed by atoms with Gasteiger partial charge in [0.1, 0.15) is 0 Å². The largest absolute Gasteiger partial charge is 0.326 e. The molecule has 0 aromatic heterocycles. The van der Waals surface area contributed by atoms with Crippen LogP contribution in [0.1, 0.15) is 30.9 Å². The lowest BCUT2D eigenvalue weighted by molar-refractivity contribution is 0.795. The Morgan fingerprint density at radius 3 is 2.42 bits per heavy atom. The Morgan fingerprint density at radius 1 is 1.05 bits per heavy atom. The normalized spacial score (nSPS) is 10.7. The van der Waals surface area contributed by atoms with Crippen molar-refractivity contribution >= 4 is 11.6 Å². The Balaban J connectivity index is 2.26. The number of hydrogen-bond donors (Lipinski definition) is 1. The molecule has 0 atom stereocenters. The Kier molecular flexibility index (Phi) is 5.00. The fraction of sp³-hybridized carbons (Fsp3) is 0.294. The zero-order valence-corrected chi connectivity index (χ0v) is 12.1. The highest BCUT2D eigenvalue weighted by molar-refractivity contribution is 6.30. The third-order valence-corrected chi connectivity index (χ3v) is 3.61. The van der Waals surface area contributed by atoms with E-state index < -0.39 is 0 Å². The summed E-state index contributed by atoms with van der Waals surface area (Å²) in [6, 6.07) is 14.7. The molecule has 0 unspecified atom stereocenters. The van der Waals surface area contributed by atoms with E-state index >= 15 is 0 Å². The molecule has 0 aliphatic rings. The van der Waals surface area contributed by atoms with Crippen molar-refractivity contribution in [2.75, 3.05) is 0 Å². The summed E-state index contributed by atoms with van der Waals surface area (Å²) in [5.74, 6) is 0. The van der Waals surface area contributed by atoms with Gasteiger partial charge < -0.3 is 5.73 Å². The van der Waals surface area contributed by atoms with Crippen molar-refractivity contribution in [2.24, 2.45) is 5.73 Å². The first-order valence-electron chi connectivity index (χ1n) is 6.82. The van der Waals surface area contributed by atoms with Gasteiger partial charge in [-0.15, -0.1) is 0 Å². The topological polar surface area (TPSA) is 26.0 Å². The van der Waals surface area contributed by atoms with Gasteiger partial charge in [-0.2, -0.15) is 0 Å². The number of aryl methyl sites for hydroxylation is 1.